The van der Waals surface area contributed by atoms with Crippen LogP contribution in [-0.4, -0.2) is 7.05 Å². The fourth-order valence-corrected chi connectivity index (χ4v) is 2.23. The molecule has 0 saturated carbocycles. The van der Waals surface area contributed by atoms with Gasteiger partial charge in [0.1, 0.15) is 5.82 Å². The van der Waals surface area contributed by atoms with E-state index in [-0.39, 0.29) is 5.82 Å². The fourth-order valence-electron chi connectivity index (χ4n) is 2.05. The molecule has 0 radical (unpaired) electrons. The molecule has 18 heavy (non-hydrogen) atoms. The molecule has 0 saturated heterocycles. The minimum atomic E-state index is -0.222. The lowest BCUT2D eigenvalue weighted by atomic mass is 9.98. The molecule has 2 rings (SSSR count). The van der Waals surface area contributed by atoms with Crippen LogP contribution in [0.5, 0.6) is 0 Å². The van der Waals surface area contributed by atoms with Gasteiger partial charge < -0.3 is 5.32 Å². The van der Waals surface area contributed by atoms with Crippen molar-refractivity contribution in [3.05, 3.63) is 58.4 Å². The van der Waals surface area contributed by atoms with Gasteiger partial charge in [0.25, 0.3) is 0 Å². The molecule has 0 heterocycles. The van der Waals surface area contributed by atoms with Gasteiger partial charge in [-0.2, -0.15) is 0 Å². The molecule has 1 nitrogen and oxygen atoms in total. The largest absolute Gasteiger partial charge is 0.316 e. The average Bonchev–Trinajstić information content (AvgIpc) is 2.30. The lowest BCUT2D eigenvalue weighted by molar-refractivity contribution is 0.627. The van der Waals surface area contributed by atoms with Gasteiger partial charge in [-0.05, 0) is 60.5 Å². The number of aryl methyl sites for hydroxylation is 1. The predicted octanol–water partition coefficient (Wildman–Crippen LogP) is 4.17. The van der Waals surface area contributed by atoms with Crippen LogP contribution < -0.4 is 5.32 Å². The second kappa shape index (κ2) is 5.51. The summed E-state index contributed by atoms with van der Waals surface area (Å²) < 4.78 is 13.5. The number of benzene rings is 2. The molecule has 0 aromatic heterocycles. The molecule has 0 aliphatic heterocycles. The zero-order valence-electron chi connectivity index (χ0n) is 10.4. The van der Waals surface area contributed by atoms with Crippen molar-refractivity contribution in [1.82, 2.24) is 5.32 Å². The molecule has 0 atom stereocenters. The highest BCUT2D eigenvalue weighted by Gasteiger charge is 2.07. The van der Waals surface area contributed by atoms with Gasteiger partial charge in [0, 0.05) is 11.6 Å². The summed E-state index contributed by atoms with van der Waals surface area (Å²) in [6, 6.07) is 10.7. The molecular formula is C15H15ClFN. The van der Waals surface area contributed by atoms with Crippen molar-refractivity contribution < 1.29 is 4.39 Å². The zero-order valence-corrected chi connectivity index (χ0v) is 11.2. The van der Waals surface area contributed by atoms with Crippen molar-refractivity contribution in [3.63, 3.8) is 0 Å². The molecule has 0 fully saturated rings. The first-order chi connectivity index (χ1) is 8.60. The summed E-state index contributed by atoms with van der Waals surface area (Å²) in [5.74, 6) is -0.222. The normalized spacial score (nSPS) is 10.7. The number of rotatable bonds is 3. The van der Waals surface area contributed by atoms with Crippen LogP contribution in [0.2, 0.25) is 5.02 Å². The third-order valence-electron chi connectivity index (χ3n) is 2.79. The van der Waals surface area contributed by atoms with E-state index in [0.717, 1.165) is 28.8 Å². The molecule has 0 unspecified atom stereocenters. The van der Waals surface area contributed by atoms with Crippen molar-refractivity contribution in [2.24, 2.45) is 0 Å². The molecule has 94 valence electrons. The summed E-state index contributed by atoms with van der Waals surface area (Å²) in [6.45, 7) is 2.61. The molecular weight excluding hydrogens is 249 g/mol. The van der Waals surface area contributed by atoms with Gasteiger partial charge in [-0.25, -0.2) is 4.39 Å². The van der Waals surface area contributed by atoms with Crippen LogP contribution in [0.3, 0.4) is 0 Å². The Morgan fingerprint density at radius 1 is 1.17 bits per heavy atom. The molecule has 0 spiro atoms. The second-order valence-corrected chi connectivity index (χ2v) is 4.79. The topological polar surface area (TPSA) is 12.0 Å². The van der Waals surface area contributed by atoms with E-state index in [1.807, 2.05) is 38.2 Å². The van der Waals surface area contributed by atoms with Gasteiger partial charge in [0.05, 0.1) is 0 Å². The van der Waals surface area contributed by atoms with Crippen LogP contribution in [0.1, 0.15) is 11.1 Å². The maximum atomic E-state index is 13.5. The Morgan fingerprint density at radius 3 is 2.61 bits per heavy atom. The monoisotopic (exact) mass is 263 g/mol. The van der Waals surface area contributed by atoms with E-state index in [4.69, 9.17) is 11.6 Å². The van der Waals surface area contributed by atoms with E-state index in [1.165, 1.54) is 12.1 Å². The predicted molar refractivity (Wildman–Crippen MR) is 74.3 cm³/mol. The Kier molecular flexibility index (Phi) is 4.00. The molecule has 0 aliphatic rings. The average molecular weight is 264 g/mol. The van der Waals surface area contributed by atoms with E-state index in [9.17, 15) is 4.39 Å². The maximum Gasteiger partial charge on any atom is 0.124 e. The lowest BCUT2D eigenvalue weighted by Crippen LogP contribution is -2.06. The molecule has 0 aliphatic carbocycles. The van der Waals surface area contributed by atoms with E-state index < -0.39 is 0 Å². The van der Waals surface area contributed by atoms with Gasteiger partial charge in [-0.15, -0.1) is 0 Å². The lowest BCUT2D eigenvalue weighted by Gasteiger charge is -2.11. The van der Waals surface area contributed by atoms with Crippen molar-refractivity contribution in [2.75, 3.05) is 7.05 Å². The van der Waals surface area contributed by atoms with Crippen molar-refractivity contribution in [2.45, 2.75) is 13.5 Å². The van der Waals surface area contributed by atoms with Crippen LogP contribution >= 0.6 is 11.6 Å². The standard InChI is InChI=1S/C15H15ClFN/c1-10-5-12(7-14(17)6-10)15-8-13(16)4-3-11(15)9-18-2/h3-8,18H,9H2,1-2H3. The van der Waals surface area contributed by atoms with Gasteiger partial charge in [0.2, 0.25) is 0 Å². The summed E-state index contributed by atoms with van der Waals surface area (Å²) in [6.07, 6.45) is 0. The van der Waals surface area contributed by atoms with Gasteiger partial charge in [-0.3, -0.25) is 0 Å². The minimum absolute atomic E-state index is 0.222. The highest BCUT2D eigenvalue weighted by atomic mass is 35.5. The third kappa shape index (κ3) is 2.89. The Balaban J connectivity index is 2.57. The maximum absolute atomic E-state index is 13.5. The number of nitrogens with one attached hydrogen (secondary N) is 1. The van der Waals surface area contributed by atoms with Crippen molar-refractivity contribution >= 4 is 11.6 Å². The summed E-state index contributed by atoms with van der Waals surface area (Å²) in [4.78, 5) is 0. The summed E-state index contributed by atoms with van der Waals surface area (Å²) in [5.41, 5.74) is 3.84. The smallest absolute Gasteiger partial charge is 0.124 e. The van der Waals surface area contributed by atoms with Gasteiger partial charge in [0.15, 0.2) is 0 Å². The van der Waals surface area contributed by atoms with Crippen LogP contribution in [0.25, 0.3) is 11.1 Å². The van der Waals surface area contributed by atoms with E-state index >= 15 is 0 Å². The van der Waals surface area contributed by atoms with Crippen LogP contribution in [0.15, 0.2) is 36.4 Å². The van der Waals surface area contributed by atoms with E-state index in [0.29, 0.717) is 5.02 Å². The molecule has 2 aromatic carbocycles. The summed E-state index contributed by atoms with van der Waals surface area (Å²) in [7, 11) is 1.88. The van der Waals surface area contributed by atoms with E-state index in [1.54, 1.807) is 0 Å². The number of hydrogen-bond donors (Lipinski definition) is 1. The van der Waals surface area contributed by atoms with Gasteiger partial charge >= 0.3 is 0 Å². The van der Waals surface area contributed by atoms with Crippen LogP contribution in [-0.2, 0) is 6.54 Å². The zero-order chi connectivity index (χ0) is 13.1. The summed E-state index contributed by atoms with van der Waals surface area (Å²) in [5, 5.41) is 3.77. The van der Waals surface area contributed by atoms with Crippen LogP contribution in [0.4, 0.5) is 4.39 Å². The first kappa shape index (κ1) is 13.1. The summed E-state index contributed by atoms with van der Waals surface area (Å²) >= 11 is 6.03. The highest BCUT2D eigenvalue weighted by Crippen LogP contribution is 2.28. The molecule has 0 bridgehead atoms. The Hall–Kier alpha value is -1.38. The molecule has 3 heteroatoms. The SMILES string of the molecule is CNCc1ccc(Cl)cc1-c1cc(C)cc(F)c1. The Bertz CT molecular complexity index is 546. The second-order valence-electron chi connectivity index (χ2n) is 4.35. The van der Waals surface area contributed by atoms with Crippen molar-refractivity contribution in [3.8, 4) is 11.1 Å². The third-order valence-corrected chi connectivity index (χ3v) is 3.03. The molecule has 1 N–H and O–H groups in total. The molecule has 0 amide bonds. The number of halogens is 2. The molecule has 2 aromatic rings. The Labute approximate surface area is 112 Å². The van der Waals surface area contributed by atoms with Crippen molar-refractivity contribution in [1.29, 1.82) is 0 Å². The fraction of sp³-hybridized carbons (Fsp3) is 0.200. The van der Waals surface area contributed by atoms with Gasteiger partial charge in [-0.1, -0.05) is 23.7 Å². The minimum Gasteiger partial charge on any atom is -0.316 e. The quantitative estimate of drug-likeness (QED) is 0.876. The van der Waals surface area contributed by atoms with Crippen LogP contribution in [0, 0.1) is 12.7 Å². The van der Waals surface area contributed by atoms with E-state index in [2.05, 4.69) is 5.32 Å². The highest BCUT2D eigenvalue weighted by molar-refractivity contribution is 6.30. The first-order valence-electron chi connectivity index (χ1n) is 5.81. The number of hydrogen-bond acceptors (Lipinski definition) is 1. The first-order valence-corrected chi connectivity index (χ1v) is 6.18. The Morgan fingerprint density at radius 2 is 1.94 bits per heavy atom.